The van der Waals surface area contributed by atoms with Gasteiger partial charge in [-0.2, -0.15) is 4.31 Å². The fourth-order valence-electron chi connectivity index (χ4n) is 6.10. The summed E-state index contributed by atoms with van der Waals surface area (Å²) in [5.74, 6) is 0.799. The molecule has 1 fully saturated rings. The molecule has 1 saturated heterocycles. The van der Waals surface area contributed by atoms with Gasteiger partial charge in [0.15, 0.2) is 0 Å². The van der Waals surface area contributed by atoms with Crippen LogP contribution in [0.3, 0.4) is 0 Å². The minimum atomic E-state index is -3.53. The quantitative estimate of drug-likeness (QED) is 0.617. The first kappa shape index (κ1) is 23.4. The Labute approximate surface area is 201 Å². The summed E-state index contributed by atoms with van der Waals surface area (Å²) in [5.41, 5.74) is 4.22. The second-order valence-electron chi connectivity index (χ2n) is 9.82. The Balaban J connectivity index is 1.56. The first-order valence-electron chi connectivity index (χ1n) is 11.8. The predicted molar refractivity (Wildman–Crippen MR) is 133 cm³/mol. The third-order valence-electron chi connectivity index (χ3n) is 7.86. The van der Waals surface area contributed by atoms with Gasteiger partial charge in [0, 0.05) is 49.2 Å². The van der Waals surface area contributed by atoms with E-state index in [1.165, 1.54) is 10.9 Å². The number of aryl methyl sites for hydroxylation is 2. The molecule has 0 saturated carbocycles. The number of piperidine rings is 1. The zero-order valence-electron chi connectivity index (χ0n) is 20.3. The van der Waals surface area contributed by atoms with Crippen LogP contribution in [0.4, 0.5) is 0 Å². The van der Waals surface area contributed by atoms with Gasteiger partial charge in [-0.3, -0.25) is 4.90 Å². The highest BCUT2D eigenvalue weighted by molar-refractivity contribution is 7.89. The molecule has 0 amide bonds. The summed E-state index contributed by atoms with van der Waals surface area (Å²) in [6.07, 6.45) is 1.47. The van der Waals surface area contributed by atoms with E-state index in [4.69, 9.17) is 4.74 Å². The molecule has 8 heteroatoms. The molecule has 0 unspecified atom stereocenters. The van der Waals surface area contributed by atoms with Crippen LogP contribution in [0.5, 0.6) is 5.75 Å². The van der Waals surface area contributed by atoms with Crippen molar-refractivity contribution in [3.05, 3.63) is 59.3 Å². The minimum absolute atomic E-state index is 0.0364. The van der Waals surface area contributed by atoms with E-state index >= 15 is 0 Å². The van der Waals surface area contributed by atoms with Gasteiger partial charge in [0.25, 0.3) is 0 Å². The largest absolute Gasteiger partial charge is 0.497 e. The van der Waals surface area contributed by atoms with E-state index in [1.807, 2.05) is 32.2 Å². The monoisotopic (exact) mass is 483 g/mol. The van der Waals surface area contributed by atoms with Gasteiger partial charge in [0.2, 0.25) is 10.0 Å². The first-order valence-corrected chi connectivity index (χ1v) is 13.2. The van der Waals surface area contributed by atoms with Gasteiger partial charge >= 0.3 is 0 Å². The highest BCUT2D eigenvalue weighted by atomic mass is 32.2. The molecule has 7 nitrogen and oxygen atoms in total. The zero-order chi connectivity index (χ0) is 24.3. The molecule has 2 aliphatic heterocycles. The Morgan fingerprint density at radius 3 is 2.50 bits per heavy atom. The minimum Gasteiger partial charge on any atom is -0.497 e. The Hall–Kier alpha value is -2.39. The SMILES string of the molecule is COc1ccc2c3c(n(C)c2c1)[C@H](CO)N(C)CC31CCN(S(=O)(=O)c2cccc(C)c2)CC1. The summed E-state index contributed by atoms with van der Waals surface area (Å²) in [5, 5.41) is 11.4. The predicted octanol–water partition coefficient (Wildman–Crippen LogP) is 3.20. The number of hydrogen-bond donors (Lipinski definition) is 1. The number of aromatic nitrogens is 1. The average molecular weight is 484 g/mol. The number of benzene rings is 2. The van der Waals surface area contributed by atoms with Crippen LogP contribution in [0.25, 0.3) is 10.9 Å². The topological polar surface area (TPSA) is 75.0 Å². The highest BCUT2D eigenvalue weighted by Crippen LogP contribution is 2.50. The molecule has 3 heterocycles. The van der Waals surface area contributed by atoms with Gasteiger partial charge in [-0.15, -0.1) is 0 Å². The zero-order valence-corrected chi connectivity index (χ0v) is 21.1. The number of hydrogen-bond acceptors (Lipinski definition) is 5. The summed E-state index contributed by atoms with van der Waals surface area (Å²) in [4.78, 5) is 2.59. The molecule has 1 atom stereocenters. The van der Waals surface area contributed by atoms with Gasteiger partial charge in [-0.05, 0) is 62.2 Å². The maximum Gasteiger partial charge on any atom is 0.243 e. The van der Waals surface area contributed by atoms with Crippen molar-refractivity contribution >= 4 is 20.9 Å². The van der Waals surface area contributed by atoms with Gasteiger partial charge in [-0.25, -0.2) is 8.42 Å². The van der Waals surface area contributed by atoms with Gasteiger partial charge in [0.1, 0.15) is 5.75 Å². The average Bonchev–Trinajstić information content (AvgIpc) is 3.12. The molecule has 1 aromatic heterocycles. The molecule has 2 aliphatic rings. The lowest BCUT2D eigenvalue weighted by Crippen LogP contribution is -2.53. The normalized spacial score (nSPS) is 21.1. The Kier molecular flexibility index (Phi) is 5.75. The summed E-state index contributed by atoms with van der Waals surface area (Å²) in [6.45, 7) is 3.68. The van der Waals surface area contributed by atoms with E-state index in [0.29, 0.717) is 18.0 Å². The van der Waals surface area contributed by atoms with E-state index in [-0.39, 0.29) is 18.1 Å². The van der Waals surface area contributed by atoms with Crippen LogP contribution in [0.1, 0.15) is 35.7 Å². The highest BCUT2D eigenvalue weighted by Gasteiger charge is 2.48. The van der Waals surface area contributed by atoms with E-state index in [1.54, 1.807) is 29.6 Å². The lowest BCUT2D eigenvalue weighted by atomic mass is 9.68. The van der Waals surface area contributed by atoms with Crippen LogP contribution < -0.4 is 4.74 Å². The number of fused-ring (bicyclic) bond motifs is 4. The number of sulfonamides is 1. The molecular formula is C26H33N3O4S. The molecule has 3 aromatic rings. The maximum atomic E-state index is 13.4. The first-order chi connectivity index (χ1) is 16.2. The molecule has 0 aliphatic carbocycles. The van der Waals surface area contributed by atoms with E-state index in [9.17, 15) is 13.5 Å². The van der Waals surface area contributed by atoms with Gasteiger partial charge < -0.3 is 14.4 Å². The number of likely N-dealkylation sites (N-methyl/N-ethyl adjacent to an activating group) is 1. The fraction of sp³-hybridized carbons (Fsp3) is 0.462. The van der Waals surface area contributed by atoms with E-state index in [2.05, 4.69) is 22.6 Å². The molecule has 182 valence electrons. The number of aliphatic hydroxyl groups is 1. The number of ether oxygens (including phenoxy) is 1. The van der Waals surface area contributed by atoms with Crippen molar-refractivity contribution < 1.29 is 18.3 Å². The molecule has 2 aromatic carbocycles. The van der Waals surface area contributed by atoms with Gasteiger partial charge in [-0.1, -0.05) is 12.1 Å². The third kappa shape index (κ3) is 3.47. The number of rotatable bonds is 4. The number of methoxy groups -OCH3 is 1. The smallest absolute Gasteiger partial charge is 0.243 e. The molecule has 1 spiro atoms. The van der Waals surface area contributed by atoms with Crippen molar-refractivity contribution in [3.8, 4) is 5.75 Å². The van der Waals surface area contributed by atoms with Crippen LogP contribution in [-0.2, 0) is 22.5 Å². The lowest BCUT2D eigenvalue weighted by Gasteiger charge is -2.49. The van der Waals surface area contributed by atoms with Crippen LogP contribution in [0, 0.1) is 6.92 Å². The molecule has 34 heavy (non-hydrogen) atoms. The summed E-state index contributed by atoms with van der Waals surface area (Å²) < 4.78 is 36.0. The van der Waals surface area contributed by atoms with E-state index in [0.717, 1.165) is 41.9 Å². The van der Waals surface area contributed by atoms with Gasteiger partial charge in [0.05, 0.1) is 30.2 Å². The summed E-state index contributed by atoms with van der Waals surface area (Å²) in [7, 11) is 2.24. The van der Waals surface area contributed by atoms with Crippen molar-refractivity contribution in [1.82, 2.24) is 13.8 Å². The van der Waals surface area contributed by atoms with E-state index < -0.39 is 10.0 Å². The molecule has 1 N–H and O–H groups in total. The Bertz CT molecular complexity index is 1340. The van der Waals surface area contributed by atoms with Crippen LogP contribution >= 0.6 is 0 Å². The standard InChI is InChI=1S/C26H33N3O4S/c1-18-6-5-7-20(14-18)34(31,32)29-12-10-26(11-13-29)17-27(2)23(16-30)25-24(26)21-9-8-19(33-4)15-22(21)28(25)3/h5-9,14-15,23,30H,10-13,16-17H2,1-4H3/t23-/m0/s1. The molecular weight excluding hydrogens is 450 g/mol. The maximum absolute atomic E-state index is 13.4. The van der Waals surface area contributed by atoms with Crippen molar-refractivity contribution in [3.63, 3.8) is 0 Å². The Morgan fingerprint density at radius 2 is 1.85 bits per heavy atom. The van der Waals surface area contributed by atoms with Crippen LogP contribution in [0.2, 0.25) is 0 Å². The molecule has 5 rings (SSSR count). The summed E-state index contributed by atoms with van der Waals surface area (Å²) in [6, 6.07) is 13.2. The second kappa shape index (κ2) is 8.37. The lowest BCUT2D eigenvalue weighted by molar-refractivity contribution is 0.0775. The molecule has 0 radical (unpaired) electrons. The van der Waals surface area contributed by atoms with Crippen molar-refractivity contribution in [2.45, 2.75) is 36.1 Å². The number of aliphatic hydroxyl groups excluding tert-OH is 1. The summed E-state index contributed by atoms with van der Waals surface area (Å²) >= 11 is 0. The van der Waals surface area contributed by atoms with Crippen molar-refractivity contribution in [2.24, 2.45) is 7.05 Å². The number of nitrogens with zero attached hydrogens (tertiary/aromatic N) is 3. The molecule has 0 bridgehead atoms. The Morgan fingerprint density at radius 1 is 1.12 bits per heavy atom. The fourth-order valence-corrected chi connectivity index (χ4v) is 7.65. The van der Waals surface area contributed by atoms with Crippen LogP contribution in [-0.4, -0.2) is 67.7 Å². The second-order valence-corrected chi connectivity index (χ2v) is 11.8. The van der Waals surface area contributed by atoms with Crippen LogP contribution in [0.15, 0.2) is 47.4 Å². The van der Waals surface area contributed by atoms with Crippen molar-refractivity contribution in [2.75, 3.05) is 40.4 Å². The van der Waals surface area contributed by atoms with Crippen molar-refractivity contribution in [1.29, 1.82) is 0 Å². The third-order valence-corrected chi connectivity index (χ3v) is 9.76.